The molecule has 0 spiro atoms. The molecule has 0 aromatic heterocycles. The van der Waals surface area contributed by atoms with Gasteiger partial charge in [0.1, 0.15) is 5.75 Å². The van der Waals surface area contributed by atoms with E-state index >= 15 is 0 Å². The normalized spacial score (nSPS) is 20.9. The van der Waals surface area contributed by atoms with Gasteiger partial charge in [0, 0.05) is 24.5 Å². The standard InChI is InChI=1S/C11H12ClNO.C11H13F2NO/c12-10-5-3-9(4-6-10)8-13-7-1-2-11(13)14;12-11(13)7-14-6-5-10(11)8-1-3-9(15)4-2-8/h3-6H,1-2,7-8H2;1-4,10,14-15H,5-7H2. The number of carbonyl (C=O) groups excluding carboxylic acids is 1. The quantitative estimate of drug-likeness (QED) is 0.762. The maximum absolute atomic E-state index is 13.5. The van der Waals surface area contributed by atoms with Crippen molar-refractivity contribution >= 4 is 17.5 Å². The third-order valence-corrected chi connectivity index (χ3v) is 5.49. The van der Waals surface area contributed by atoms with Crippen molar-refractivity contribution in [3.8, 4) is 5.75 Å². The maximum Gasteiger partial charge on any atom is 0.267 e. The van der Waals surface area contributed by atoms with E-state index in [-0.39, 0.29) is 18.2 Å². The summed E-state index contributed by atoms with van der Waals surface area (Å²) in [5.74, 6) is -3.06. The first kappa shape index (κ1) is 21.5. The summed E-state index contributed by atoms with van der Waals surface area (Å²) in [6.45, 7) is 1.96. The molecular weight excluding hydrogens is 398 g/mol. The van der Waals surface area contributed by atoms with Gasteiger partial charge >= 0.3 is 0 Å². The Morgan fingerprint density at radius 2 is 1.83 bits per heavy atom. The molecule has 2 aliphatic rings. The van der Waals surface area contributed by atoms with Crippen molar-refractivity contribution in [1.82, 2.24) is 10.2 Å². The molecule has 2 N–H and O–H groups in total. The summed E-state index contributed by atoms with van der Waals surface area (Å²) >= 11 is 5.78. The lowest BCUT2D eigenvalue weighted by Gasteiger charge is -2.32. The third kappa shape index (κ3) is 5.90. The van der Waals surface area contributed by atoms with E-state index in [0.29, 0.717) is 24.9 Å². The molecule has 2 fully saturated rings. The number of hydrogen-bond donors (Lipinski definition) is 2. The number of likely N-dealkylation sites (tertiary alicyclic amines) is 1. The van der Waals surface area contributed by atoms with Crippen LogP contribution < -0.4 is 5.32 Å². The van der Waals surface area contributed by atoms with Crippen molar-refractivity contribution in [2.24, 2.45) is 0 Å². The average molecular weight is 423 g/mol. The molecule has 156 valence electrons. The number of alkyl halides is 2. The Bertz CT molecular complexity index is 813. The number of rotatable bonds is 3. The number of aromatic hydroxyl groups is 1. The average Bonchev–Trinajstić information content (AvgIpc) is 3.09. The molecule has 2 aliphatic heterocycles. The van der Waals surface area contributed by atoms with Crippen LogP contribution in [0.1, 0.15) is 36.3 Å². The van der Waals surface area contributed by atoms with Crippen LogP contribution in [-0.2, 0) is 11.3 Å². The van der Waals surface area contributed by atoms with Crippen LogP contribution >= 0.6 is 11.6 Å². The van der Waals surface area contributed by atoms with Crippen LogP contribution in [0.2, 0.25) is 5.02 Å². The van der Waals surface area contributed by atoms with E-state index in [1.807, 2.05) is 29.2 Å². The van der Waals surface area contributed by atoms with Crippen LogP contribution in [0.4, 0.5) is 8.78 Å². The van der Waals surface area contributed by atoms with Crippen LogP contribution in [0.15, 0.2) is 48.5 Å². The Labute approximate surface area is 174 Å². The molecule has 4 nitrogen and oxygen atoms in total. The minimum absolute atomic E-state index is 0.107. The van der Waals surface area contributed by atoms with Crippen LogP contribution in [0, 0.1) is 0 Å². The lowest BCUT2D eigenvalue weighted by Crippen LogP contribution is -2.44. The van der Waals surface area contributed by atoms with E-state index in [9.17, 15) is 13.6 Å². The number of benzene rings is 2. The lowest BCUT2D eigenvalue weighted by molar-refractivity contribution is -0.128. The lowest BCUT2D eigenvalue weighted by atomic mass is 9.87. The molecule has 7 heteroatoms. The predicted molar refractivity (Wildman–Crippen MR) is 109 cm³/mol. The van der Waals surface area contributed by atoms with Gasteiger partial charge in [0.15, 0.2) is 0 Å². The van der Waals surface area contributed by atoms with E-state index < -0.39 is 11.8 Å². The van der Waals surface area contributed by atoms with E-state index in [4.69, 9.17) is 16.7 Å². The first-order valence-electron chi connectivity index (χ1n) is 9.75. The van der Waals surface area contributed by atoms with Gasteiger partial charge in [0.05, 0.1) is 12.5 Å². The number of hydrogen-bond acceptors (Lipinski definition) is 3. The van der Waals surface area contributed by atoms with Gasteiger partial charge < -0.3 is 15.3 Å². The molecule has 0 aliphatic carbocycles. The predicted octanol–water partition coefficient (Wildman–Crippen LogP) is 4.57. The van der Waals surface area contributed by atoms with Crippen LogP contribution in [-0.4, -0.2) is 41.5 Å². The monoisotopic (exact) mass is 422 g/mol. The van der Waals surface area contributed by atoms with Crippen LogP contribution in [0.25, 0.3) is 0 Å². The number of phenolic OH excluding ortho intramolecular Hbond substituents is 1. The minimum Gasteiger partial charge on any atom is -0.508 e. The van der Waals surface area contributed by atoms with Crippen molar-refractivity contribution in [1.29, 1.82) is 0 Å². The fourth-order valence-electron chi connectivity index (χ4n) is 3.63. The Hall–Kier alpha value is -2.18. The molecule has 2 heterocycles. The van der Waals surface area contributed by atoms with Gasteiger partial charge in [-0.1, -0.05) is 35.9 Å². The highest BCUT2D eigenvalue weighted by molar-refractivity contribution is 6.30. The molecule has 1 atom stereocenters. The second kappa shape index (κ2) is 9.55. The van der Waals surface area contributed by atoms with E-state index in [2.05, 4.69) is 5.32 Å². The van der Waals surface area contributed by atoms with Gasteiger partial charge in [-0.05, 0) is 54.8 Å². The molecule has 4 rings (SSSR count). The first-order valence-corrected chi connectivity index (χ1v) is 10.1. The molecule has 1 unspecified atom stereocenters. The first-order chi connectivity index (χ1) is 13.8. The SMILES string of the molecule is O=C1CCCN1Cc1ccc(Cl)cc1.Oc1ccc(C2CCNCC2(F)F)cc1. The number of carbonyl (C=O) groups is 1. The number of nitrogens with one attached hydrogen (secondary N) is 1. The minimum atomic E-state index is -2.70. The number of nitrogens with zero attached hydrogens (tertiary/aromatic N) is 1. The molecule has 0 radical (unpaired) electrons. The Kier molecular flexibility index (Phi) is 7.09. The summed E-state index contributed by atoms with van der Waals surface area (Å²) in [6.07, 6.45) is 2.12. The smallest absolute Gasteiger partial charge is 0.267 e. The summed E-state index contributed by atoms with van der Waals surface area (Å²) in [4.78, 5) is 13.2. The molecule has 2 saturated heterocycles. The van der Waals surface area contributed by atoms with Gasteiger partial charge in [-0.3, -0.25) is 4.79 Å². The van der Waals surface area contributed by atoms with Gasteiger partial charge in [0.25, 0.3) is 5.92 Å². The van der Waals surface area contributed by atoms with Gasteiger partial charge in [-0.25, -0.2) is 8.78 Å². The van der Waals surface area contributed by atoms with E-state index in [0.717, 1.165) is 30.1 Å². The van der Waals surface area contributed by atoms with E-state index in [1.54, 1.807) is 12.1 Å². The maximum atomic E-state index is 13.5. The molecule has 0 saturated carbocycles. The fourth-order valence-corrected chi connectivity index (χ4v) is 3.76. The van der Waals surface area contributed by atoms with Crippen LogP contribution in [0.5, 0.6) is 5.75 Å². The zero-order valence-electron chi connectivity index (χ0n) is 16.1. The van der Waals surface area contributed by atoms with Crippen molar-refractivity contribution < 1.29 is 18.7 Å². The highest BCUT2D eigenvalue weighted by Gasteiger charge is 2.42. The Morgan fingerprint density at radius 1 is 1.14 bits per heavy atom. The second-order valence-corrected chi connectivity index (χ2v) is 7.85. The zero-order valence-corrected chi connectivity index (χ0v) is 16.8. The number of piperidine rings is 1. The summed E-state index contributed by atoms with van der Waals surface area (Å²) in [5.41, 5.74) is 1.74. The summed E-state index contributed by atoms with van der Waals surface area (Å²) in [7, 11) is 0. The van der Waals surface area contributed by atoms with Crippen molar-refractivity contribution in [2.75, 3.05) is 19.6 Å². The fraction of sp³-hybridized carbons (Fsp3) is 0.409. The summed E-state index contributed by atoms with van der Waals surface area (Å²) < 4.78 is 27.1. The van der Waals surface area contributed by atoms with Crippen LogP contribution in [0.3, 0.4) is 0 Å². The Morgan fingerprint density at radius 3 is 2.41 bits per heavy atom. The van der Waals surface area contributed by atoms with Crippen molar-refractivity contribution in [2.45, 2.75) is 37.6 Å². The summed E-state index contributed by atoms with van der Waals surface area (Å²) in [5, 5.41) is 12.5. The second-order valence-electron chi connectivity index (χ2n) is 7.42. The zero-order chi connectivity index (χ0) is 20.9. The largest absolute Gasteiger partial charge is 0.508 e. The number of phenols is 1. The third-order valence-electron chi connectivity index (χ3n) is 5.23. The molecule has 0 bridgehead atoms. The highest BCUT2D eigenvalue weighted by Crippen LogP contribution is 2.38. The topological polar surface area (TPSA) is 52.6 Å². The van der Waals surface area contributed by atoms with Crippen molar-refractivity contribution in [3.05, 3.63) is 64.7 Å². The Balaban J connectivity index is 0.000000166. The highest BCUT2D eigenvalue weighted by atomic mass is 35.5. The molecule has 29 heavy (non-hydrogen) atoms. The number of amides is 1. The summed E-state index contributed by atoms with van der Waals surface area (Å²) in [6, 6.07) is 13.7. The molecule has 2 aromatic rings. The van der Waals surface area contributed by atoms with Crippen molar-refractivity contribution in [3.63, 3.8) is 0 Å². The molecular formula is C22H25ClF2N2O2. The van der Waals surface area contributed by atoms with Gasteiger partial charge in [0.2, 0.25) is 5.91 Å². The van der Waals surface area contributed by atoms with Gasteiger partial charge in [-0.15, -0.1) is 0 Å². The van der Waals surface area contributed by atoms with Gasteiger partial charge in [-0.2, -0.15) is 0 Å². The molecule has 2 aromatic carbocycles. The van der Waals surface area contributed by atoms with E-state index in [1.165, 1.54) is 12.1 Å². The molecule has 1 amide bonds. The number of halogens is 3.